The SMILES string of the molecule is Cc1c(-c2ccccc2S(=O)(=O)Oc2cc(Br)c(O)c(C(C)C)c2C)cc(C(C)C)c(O)c1Br. The lowest BCUT2D eigenvalue weighted by atomic mass is 9.93. The Morgan fingerprint density at radius 1 is 0.853 bits per heavy atom. The van der Waals surface area contributed by atoms with E-state index in [1.807, 2.05) is 40.7 Å². The minimum Gasteiger partial charge on any atom is -0.506 e. The first-order chi connectivity index (χ1) is 15.8. The van der Waals surface area contributed by atoms with Gasteiger partial charge >= 0.3 is 10.1 Å². The standard InChI is InChI=1S/C26H28Br2O5S/c1-13(2)18-11-19(15(5)24(28)25(18)29)17-9-7-8-10-22(17)34(31,32)33-21-12-20(27)26(30)23(14(3)4)16(21)6/h7-14,29-30H,1-6H3. The van der Waals surface area contributed by atoms with Crippen LogP contribution in [0.25, 0.3) is 11.1 Å². The number of phenols is 2. The zero-order valence-corrected chi connectivity index (χ0v) is 23.9. The van der Waals surface area contributed by atoms with Gasteiger partial charge < -0.3 is 14.4 Å². The summed E-state index contributed by atoms with van der Waals surface area (Å²) in [6.07, 6.45) is 0. The Morgan fingerprint density at radius 2 is 1.47 bits per heavy atom. The van der Waals surface area contributed by atoms with Gasteiger partial charge in [0.15, 0.2) is 0 Å². The summed E-state index contributed by atoms with van der Waals surface area (Å²) in [6, 6.07) is 9.94. The topological polar surface area (TPSA) is 83.8 Å². The first-order valence-corrected chi connectivity index (χ1v) is 13.8. The van der Waals surface area contributed by atoms with Gasteiger partial charge in [-0.05, 0) is 86.4 Å². The van der Waals surface area contributed by atoms with Crippen LogP contribution in [0.2, 0.25) is 0 Å². The summed E-state index contributed by atoms with van der Waals surface area (Å²) >= 11 is 6.77. The van der Waals surface area contributed by atoms with E-state index in [-0.39, 0.29) is 34.0 Å². The third-order valence-corrected chi connectivity index (χ3v) is 8.74. The third-order valence-electron chi connectivity index (χ3n) is 5.87. The maximum absolute atomic E-state index is 13.5. The van der Waals surface area contributed by atoms with Crippen molar-refractivity contribution in [3.05, 3.63) is 67.6 Å². The second-order valence-corrected chi connectivity index (χ2v) is 12.0. The Hall–Kier alpha value is -2.03. The molecule has 3 aromatic carbocycles. The summed E-state index contributed by atoms with van der Waals surface area (Å²) in [7, 11) is -4.24. The van der Waals surface area contributed by atoms with Crippen molar-refractivity contribution in [1.82, 2.24) is 0 Å². The van der Waals surface area contributed by atoms with Crippen LogP contribution in [-0.4, -0.2) is 18.6 Å². The minimum absolute atomic E-state index is 0.0140. The number of hydrogen-bond donors (Lipinski definition) is 2. The van der Waals surface area contributed by atoms with Gasteiger partial charge in [0.1, 0.15) is 22.1 Å². The van der Waals surface area contributed by atoms with Gasteiger partial charge in [-0.15, -0.1) is 0 Å². The predicted molar refractivity (Wildman–Crippen MR) is 143 cm³/mol. The molecule has 8 heteroatoms. The van der Waals surface area contributed by atoms with Crippen LogP contribution in [-0.2, 0) is 10.1 Å². The number of rotatable bonds is 6. The van der Waals surface area contributed by atoms with Crippen molar-refractivity contribution >= 4 is 42.0 Å². The molecule has 0 fully saturated rings. The molecule has 34 heavy (non-hydrogen) atoms. The molecule has 0 unspecified atom stereocenters. The molecular weight excluding hydrogens is 584 g/mol. The predicted octanol–water partition coefficient (Wildman–Crippen LogP) is 7.92. The van der Waals surface area contributed by atoms with Crippen LogP contribution < -0.4 is 4.18 Å². The fraction of sp³-hybridized carbons (Fsp3) is 0.308. The highest BCUT2D eigenvalue weighted by Gasteiger charge is 2.27. The van der Waals surface area contributed by atoms with Crippen LogP contribution in [0.4, 0.5) is 0 Å². The van der Waals surface area contributed by atoms with E-state index in [1.165, 1.54) is 12.1 Å². The van der Waals surface area contributed by atoms with Crippen molar-refractivity contribution in [3.8, 4) is 28.4 Å². The van der Waals surface area contributed by atoms with E-state index in [0.717, 1.165) is 5.56 Å². The molecule has 0 aliphatic heterocycles. The van der Waals surface area contributed by atoms with Gasteiger partial charge in [0.2, 0.25) is 0 Å². The van der Waals surface area contributed by atoms with Crippen molar-refractivity contribution in [2.75, 3.05) is 0 Å². The molecule has 0 aliphatic carbocycles. The Bertz CT molecular complexity index is 1360. The number of aromatic hydroxyl groups is 2. The summed E-state index contributed by atoms with van der Waals surface area (Å²) in [4.78, 5) is 0.0140. The lowest BCUT2D eigenvalue weighted by molar-refractivity contribution is 0.453. The summed E-state index contributed by atoms with van der Waals surface area (Å²) in [5.41, 5.74) is 3.76. The molecule has 0 bridgehead atoms. The largest absolute Gasteiger partial charge is 0.506 e. The van der Waals surface area contributed by atoms with Crippen LogP contribution in [0.15, 0.2) is 50.2 Å². The van der Waals surface area contributed by atoms with Gasteiger partial charge in [-0.2, -0.15) is 8.42 Å². The van der Waals surface area contributed by atoms with Gasteiger partial charge in [-0.1, -0.05) is 45.9 Å². The highest BCUT2D eigenvalue weighted by Crippen LogP contribution is 2.44. The first-order valence-electron chi connectivity index (χ1n) is 10.9. The van der Waals surface area contributed by atoms with E-state index in [2.05, 4.69) is 31.9 Å². The maximum atomic E-state index is 13.5. The van der Waals surface area contributed by atoms with Gasteiger partial charge in [0.25, 0.3) is 0 Å². The van der Waals surface area contributed by atoms with Crippen molar-refractivity contribution in [2.45, 2.75) is 58.3 Å². The fourth-order valence-electron chi connectivity index (χ4n) is 4.07. The van der Waals surface area contributed by atoms with Gasteiger partial charge in [0, 0.05) is 22.8 Å². The molecule has 3 rings (SSSR count). The van der Waals surface area contributed by atoms with Crippen LogP contribution in [0.1, 0.15) is 61.8 Å². The summed E-state index contributed by atoms with van der Waals surface area (Å²) in [5, 5.41) is 21.0. The van der Waals surface area contributed by atoms with Crippen LogP contribution >= 0.6 is 31.9 Å². The lowest BCUT2D eigenvalue weighted by Crippen LogP contribution is -2.13. The molecule has 0 saturated heterocycles. The second-order valence-electron chi connectivity index (χ2n) is 8.89. The molecule has 0 radical (unpaired) electrons. The summed E-state index contributed by atoms with van der Waals surface area (Å²) in [6.45, 7) is 11.3. The molecule has 3 aromatic rings. The zero-order chi connectivity index (χ0) is 25.5. The zero-order valence-electron chi connectivity index (χ0n) is 19.9. The van der Waals surface area contributed by atoms with Crippen LogP contribution in [0.5, 0.6) is 17.2 Å². The van der Waals surface area contributed by atoms with Gasteiger partial charge in [0.05, 0.1) is 8.95 Å². The fourth-order valence-corrected chi connectivity index (χ4v) is 6.12. The molecule has 0 spiro atoms. The van der Waals surface area contributed by atoms with E-state index < -0.39 is 10.1 Å². The van der Waals surface area contributed by atoms with Gasteiger partial charge in [-0.3, -0.25) is 0 Å². The highest BCUT2D eigenvalue weighted by atomic mass is 79.9. The van der Waals surface area contributed by atoms with E-state index in [1.54, 1.807) is 25.1 Å². The Morgan fingerprint density at radius 3 is 2.06 bits per heavy atom. The summed E-state index contributed by atoms with van der Waals surface area (Å²) < 4.78 is 33.6. The van der Waals surface area contributed by atoms with E-state index >= 15 is 0 Å². The molecule has 2 N–H and O–H groups in total. The molecule has 0 aromatic heterocycles. The second kappa shape index (κ2) is 9.91. The molecule has 0 heterocycles. The smallest absolute Gasteiger partial charge is 0.339 e. The Kier molecular flexibility index (Phi) is 7.75. The molecule has 0 amide bonds. The number of hydrogen-bond acceptors (Lipinski definition) is 5. The van der Waals surface area contributed by atoms with Crippen molar-refractivity contribution in [1.29, 1.82) is 0 Å². The quantitative estimate of drug-likeness (QED) is 0.277. The average Bonchev–Trinajstić information content (AvgIpc) is 2.75. The van der Waals surface area contributed by atoms with E-state index in [4.69, 9.17) is 4.18 Å². The third kappa shape index (κ3) is 4.86. The molecule has 0 atom stereocenters. The monoisotopic (exact) mass is 610 g/mol. The van der Waals surface area contributed by atoms with Crippen molar-refractivity contribution < 1.29 is 22.8 Å². The highest BCUT2D eigenvalue weighted by molar-refractivity contribution is 9.11. The summed E-state index contributed by atoms with van der Waals surface area (Å²) in [5.74, 6) is 0.361. The normalized spacial score (nSPS) is 11.9. The molecule has 182 valence electrons. The van der Waals surface area contributed by atoms with Gasteiger partial charge in [-0.25, -0.2) is 0 Å². The minimum atomic E-state index is -4.24. The number of benzene rings is 3. The Balaban J connectivity index is 2.21. The molecule has 5 nitrogen and oxygen atoms in total. The van der Waals surface area contributed by atoms with Crippen LogP contribution in [0, 0.1) is 13.8 Å². The van der Waals surface area contributed by atoms with Crippen molar-refractivity contribution in [2.24, 2.45) is 0 Å². The maximum Gasteiger partial charge on any atom is 0.339 e. The number of phenolic OH excluding ortho intramolecular Hbond substituents is 2. The van der Waals surface area contributed by atoms with Crippen molar-refractivity contribution in [3.63, 3.8) is 0 Å². The first kappa shape index (κ1) is 26.6. The molecule has 0 aliphatic rings. The Labute approximate surface area is 218 Å². The van der Waals surface area contributed by atoms with Crippen LogP contribution in [0.3, 0.4) is 0 Å². The van der Waals surface area contributed by atoms with E-state index in [9.17, 15) is 18.6 Å². The lowest BCUT2D eigenvalue weighted by Gasteiger charge is -2.20. The van der Waals surface area contributed by atoms with E-state index in [0.29, 0.717) is 36.8 Å². The number of halogens is 2. The molecule has 0 saturated carbocycles. The average molecular weight is 612 g/mol. The molecular formula is C26H28Br2O5S.